The average molecular weight is 348 g/mol. The van der Waals surface area contributed by atoms with Gasteiger partial charge in [-0.3, -0.25) is 4.79 Å². The largest absolute Gasteiger partial charge is 0.416 e. The third-order valence-corrected chi connectivity index (χ3v) is 3.35. The molecule has 2 aromatic heterocycles. The van der Waals surface area contributed by atoms with Crippen LogP contribution in [-0.2, 0) is 17.4 Å². The Balaban J connectivity index is 2.15. The number of nitrogens with one attached hydrogen (secondary N) is 1. The highest BCUT2D eigenvalue weighted by Gasteiger charge is 2.31. The van der Waals surface area contributed by atoms with Crippen LogP contribution in [0.2, 0.25) is 0 Å². The third-order valence-electron chi connectivity index (χ3n) is 3.35. The van der Waals surface area contributed by atoms with E-state index in [0.29, 0.717) is 16.3 Å². The predicted octanol–water partition coefficient (Wildman–Crippen LogP) is 3.49. The van der Waals surface area contributed by atoms with E-state index in [9.17, 15) is 26.7 Å². The van der Waals surface area contributed by atoms with E-state index in [2.05, 4.69) is 15.4 Å². The second-order valence-corrected chi connectivity index (χ2v) is 5.02. The number of carbonyl (C=O) groups is 1. The molecule has 0 fully saturated rings. The molecule has 0 bridgehead atoms. The van der Waals surface area contributed by atoms with Crippen LogP contribution in [0.1, 0.15) is 29.1 Å². The van der Waals surface area contributed by atoms with Crippen molar-refractivity contribution in [1.29, 1.82) is 0 Å². The highest BCUT2D eigenvalue weighted by atomic mass is 19.4. The number of hydrogen-bond donors (Lipinski definition) is 1. The van der Waals surface area contributed by atoms with Crippen LogP contribution in [-0.4, -0.2) is 20.7 Å². The summed E-state index contributed by atoms with van der Waals surface area (Å²) in [5, 5.41) is 5.86. The third kappa shape index (κ3) is 3.87. The van der Waals surface area contributed by atoms with Gasteiger partial charge in [0.1, 0.15) is 5.82 Å². The quantitative estimate of drug-likeness (QED) is 0.861. The van der Waals surface area contributed by atoms with Gasteiger partial charge >= 0.3 is 12.7 Å². The van der Waals surface area contributed by atoms with Crippen LogP contribution in [0.3, 0.4) is 0 Å². The van der Waals surface area contributed by atoms with Crippen molar-refractivity contribution >= 4 is 11.7 Å². The zero-order chi connectivity index (χ0) is 18.1. The SMILES string of the molecule is Cc1nn(C(F)F)c(C)c1CC(=O)Nc1cc(C(F)(F)F)ccn1. The van der Waals surface area contributed by atoms with E-state index in [1.807, 2.05) is 0 Å². The lowest BCUT2D eigenvalue weighted by Crippen LogP contribution is -2.17. The first-order chi connectivity index (χ1) is 11.1. The first-order valence-electron chi connectivity index (χ1n) is 6.75. The Bertz CT molecular complexity index is 754. The van der Waals surface area contributed by atoms with Crippen molar-refractivity contribution < 1.29 is 26.7 Å². The van der Waals surface area contributed by atoms with Crippen LogP contribution in [0.5, 0.6) is 0 Å². The predicted molar refractivity (Wildman–Crippen MR) is 74.5 cm³/mol. The van der Waals surface area contributed by atoms with Gasteiger partial charge in [0.15, 0.2) is 0 Å². The maximum Gasteiger partial charge on any atom is 0.416 e. The van der Waals surface area contributed by atoms with Crippen molar-refractivity contribution in [3.8, 4) is 0 Å². The topological polar surface area (TPSA) is 59.8 Å². The summed E-state index contributed by atoms with van der Waals surface area (Å²) in [6.07, 6.45) is -3.94. The molecule has 10 heteroatoms. The minimum Gasteiger partial charge on any atom is -0.310 e. The lowest BCUT2D eigenvalue weighted by molar-refractivity contribution is -0.137. The first kappa shape index (κ1) is 17.8. The molecule has 130 valence electrons. The van der Waals surface area contributed by atoms with Gasteiger partial charge in [0.25, 0.3) is 0 Å². The molecule has 0 saturated heterocycles. The molecule has 0 radical (unpaired) electrons. The van der Waals surface area contributed by atoms with Crippen molar-refractivity contribution in [1.82, 2.24) is 14.8 Å². The number of hydrogen-bond acceptors (Lipinski definition) is 3. The molecule has 1 N–H and O–H groups in total. The number of carbonyl (C=O) groups excluding carboxylic acids is 1. The number of aromatic nitrogens is 3. The standard InChI is InChI=1S/C14H13F5N4O/c1-7-10(8(2)23(22-7)13(15)16)6-12(24)21-11-5-9(3-4-20-11)14(17,18)19/h3-5,13H,6H2,1-2H3,(H,20,21,24). The van der Waals surface area contributed by atoms with Crippen molar-refractivity contribution in [2.45, 2.75) is 33.0 Å². The van der Waals surface area contributed by atoms with Gasteiger partial charge in [-0.1, -0.05) is 0 Å². The summed E-state index contributed by atoms with van der Waals surface area (Å²) in [7, 11) is 0. The summed E-state index contributed by atoms with van der Waals surface area (Å²) in [5.41, 5.74) is -0.292. The molecule has 1 amide bonds. The zero-order valence-corrected chi connectivity index (χ0v) is 12.7. The molecule has 0 aromatic carbocycles. The monoisotopic (exact) mass is 348 g/mol. The van der Waals surface area contributed by atoms with Crippen molar-refractivity contribution in [2.75, 3.05) is 5.32 Å². The molecule has 0 aliphatic heterocycles. The van der Waals surface area contributed by atoms with Gasteiger partial charge in [0.2, 0.25) is 5.91 Å². The van der Waals surface area contributed by atoms with Crippen LogP contribution < -0.4 is 5.32 Å². The van der Waals surface area contributed by atoms with Gasteiger partial charge < -0.3 is 5.32 Å². The maximum absolute atomic E-state index is 12.7. The van der Waals surface area contributed by atoms with Gasteiger partial charge in [0, 0.05) is 17.5 Å². The number of aryl methyl sites for hydroxylation is 1. The van der Waals surface area contributed by atoms with Gasteiger partial charge in [-0.25, -0.2) is 9.67 Å². The molecule has 0 saturated carbocycles. The molecule has 0 unspecified atom stereocenters. The molecular formula is C14H13F5N4O. The Morgan fingerprint density at radius 2 is 2.00 bits per heavy atom. The summed E-state index contributed by atoms with van der Waals surface area (Å²) in [5.74, 6) is -0.951. The van der Waals surface area contributed by atoms with Crippen LogP contribution in [0.4, 0.5) is 27.8 Å². The fourth-order valence-electron chi connectivity index (χ4n) is 2.17. The number of rotatable bonds is 4. The van der Waals surface area contributed by atoms with E-state index in [1.54, 1.807) is 0 Å². The number of nitrogens with zero attached hydrogens (tertiary/aromatic N) is 3. The molecule has 24 heavy (non-hydrogen) atoms. The van der Waals surface area contributed by atoms with Crippen LogP contribution in [0.25, 0.3) is 0 Å². The Hall–Kier alpha value is -2.52. The van der Waals surface area contributed by atoms with Crippen LogP contribution >= 0.6 is 0 Å². The smallest absolute Gasteiger partial charge is 0.310 e. The Morgan fingerprint density at radius 3 is 2.54 bits per heavy atom. The van der Waals surface area contributed by atoms with Crippen LogP contribution in [0, 0.1) is 13.8 Å². The number of halogens is 5. The highest BCUT2D eigenvalue weighted by Crippen LogP contribution is 2.30. The summed E-state index contributed by atoms with van der Waals surface area (Å²) in [4.78, 5) is 15.6. The van der Waals surface area contributed by atoms with Crippen molar-refractivity contribution in [3.05, 3.63) is 40.8 Å². The Morgan fingerprint density at radius 1 is 1.33 bits per heavy atom. The van der Waals surface area contributed by atoms with Gasteiger partial charge in [-0.15, -0.1) is 0 Å². The molecule has 0 atom stereocenters. The van der Waals surface area contributed by atoms with E-state index in [-0.39, 0.29) is 23.6 Å². The maximum atomic E-state index is 12.7. The van der Waals surface area contributed by atoms with E-state index in [4.69, 9.17) is 0 Å². The summed E-state index contributed by atoms with van der Waals surface area (Å²) in [6, 6.07) is 1.47. The number of amides is 1. The minimum absolute atomic E-state index is 0.120. The van der Waals surface area contributed by atoms with Gasteiger partial charge in [0.05, 0.1) is 17.7 Å². The van der Waals surface area contributed by atoms with Crippen LogP contribution in [0.15, 0.2) is 18.3 Å². The van der Waals surface area contributed by atoms with E-state index in [1.165, 1.54) is 13.8 Å². The molecule has 0 aliphatic rings. The fraction of sp³-hybridized carbons (Fsp3) is 0.357. The molecule has 5 nitrogen and oxygen atoms in total. The molecule has 0 spiro atoms. The number of pyridine rings is 1. The molecule has 2 aromatic rings. The lowest BCUT2D eigenvalue weighted by atomic mass is 10.1. The highest BCUT2D eigenvalue weighted by molar-refractivity contribution is 5.91. The van der Waals surface area contributed by atoms with Crippen molar-refractivity contribution in [3.63, 3.8) is 0 Å². The molecule has 2 rings (SSSR count). The van der Waals surface area contributed by atoms with E-state index < -0.39 is 24.2 Å². The molecular weight excluding hydrogens is 335 g/mol. The normalized spacial score (nSPS) is 11.8. The summed E-state index contributed by atoms with van der Waals surface area (Å²) >= 11 is 0. The van der Waals surface area contributed by atoms with Crippen molar-refractivity contribution in [2.24, 2.45) is 0 Å². The lowest BCUT2D eigenvalue weighted by Gasteiger charge is -2.09. The molecule has 0 aliphatic carbocycles. The summed E-state index contributed by atoms with van der Waals surface area (Å²) < 4.78 is 63.8. The number of anilines is 1. The molecule has 2 heterocycles. The second kappa shape index (κ2) is 6.54. The first-order valence-corrected chi connectivity index (χ1v) is 6.75. The van der Waals surface area contributed by atoms with Gasteiger partial charge in [-0.2, -0.15) is 27.1 Å². The number of alkyl halides is 5. The average Bonchev–Trinajstić information content (AvgIpc) is 2.75. The minimum atomic E-state index is -4.56. The van der Waals surface area contributed by atoms with E-state index in [0.717, 1.165) is 12.3 Å². The Kier molecular flexibility index (Phi) is 4.86. The zero-order valence-electron chi connectivity index (χ0n) is 12.7. The summed E-state index contributed by atoms with van der Waals surface area (Å²) in [6.45, 7) is 0.0135. The second-order valence-electron chi connectivity index (χ2n) is 5.02. The fourth-order valence-corrected chi connectivity index (χ4v) is 2.17. The van der Waals surface area contributed by atoms with E-state index >= 15 is 0 Å². The van der Waals surface area contributed by atoms with Gasteiger partial charge in [-0.05, 0) is 26.0 Å². The Labute approximate surface area is 133 Å².